The van der Waals surface area contributed by atoms with Gasteiger partial charge in [-0.2, -0.15) is 0 Å². The normalized spacial score (nSPS) is 18.6. The Labute approximate surface area is 238 Å². The summed E-state index contributed by atoms with van der Waals surface area (Å²) in [6.07, 6.45) is 7.14. The first-order valence-electron chi connectivity index (χ1n) is 14.6. The Kier molecular flexibility index (Phi) is 10.8. The van der Waals surface area contributed by atoms with E-state index in [-0.39, 0.29) is 23.9 Å². The van der Waals surface area contributed by atoms with Gasteiger partial charge in [0.05, 0.1) is 6.04 Å². The fraction of sp³-hybridized carbons (Fsp3) is 0.455. The lowest BCUT2D eigenvalue weighted by Gasteiger charge is -2.28. The zero-order valence-corrected chi connectivity index (χ0v) is 24.1. The highest BCUT2D eigenvalue weighted by molar-refractivity contribution is 6.31. The van der Waals surface area contributed by atoms with Gasteiger partial charge in [-0.1, -0.05) is 93.6 Å². The van der Waals surface area contributed by atoms with Crippen LogP contribution in [0.4, 0.5) is 0 Å². The Bertz CT molecular complexity index is 1230. The molecular formula is C33H42ClN3O2. The average molecular weight is 548 g/mol. The predicted molar refractivity (Wildman–Crippen MR) is 161 cm³/mol. The number of halogens is 1. The third kappa shape index (κ3) is 8.06. The van der Waals surface area contributed by atoms with Gasteiger partial charge in [0, 0.05) is 42.2 Å². The molecule has 39 heavy (non-hydrogen) atoms. The number of nitrogens with one attached hydrogen (secondary N) is 2. The minimum Gasteiger partial charge on any atom is -0.350 e. The van der Waals surface area contributed by atoms with Crippen molar-refractivity contribution in [1.29, 1.82) is 0 Å². The summed E-state index contributed by atoms with van der Waals surface area (Å²) in [5.74, 6) is 0.411. The minimum absolute atomic E-state index is 0.0372. The molecule has 0 aromatic heterocycles. The van der Waals surface area contributed by atoms with Crippen LogP contribution >= 0.6 is 11.6 Å². The first kappa shape index (κ1) is 29.1. The van der Waals surface area contributed by atoms with E-state index in [1.165, 1.54) is 18.4 Å². The van der Waals surface area contributed by atoms with Crippen LogP contribution in [0.2, 0.25) is 5.02 Å². The summed E-state index contributed by atoms with van der Waals surface area (Å²) in [5.41, 5.74) is 1.91. The molecule has 2 amide bonds. The van der Waals surface area contributed by atoms with Gasteiger partial charge in [-0.05, 0) is 59.9 Å². The molecule has 0 spiro atoms. The molecule has 0 saturated carbocycles. The molecule has 0 aliphatic carbocycles. The Balaban J connectivity index is 1.42. The maximum atomic E-state index is 13.7. The average Bonchev–Trinajstić information content (AvgIpc) is 3.11. The van der Waals surface area contributed by atoms with Crippen LogP contribution < -0.4 is 10.6 Å². The molecule has 1 aliphatic heterocycles. The van der Waals surface area contributed by atoms with Crippen molar-refractivity contribution in [1.82, 2.24) is 15.5 Å². The Morgan fingerprint density at radius 2 is 1.79 bits per heavy atom. The Morgan fingerprint density at radius 1 is 1.03 bits per heavy atom. The molecule has 2 N–H and O–H groups in total. The fourth-order valence-corrected chi connectivity index (χ4v) is 5.72. The Morgan fingerprint density at radius 3 is 2.56 bits per heavy atom. The van der Waals surface area contributed by atoms with Crippen molar-refractivity contribution < 1.29 is 9.59 Å². The lowest BCUT2D eigenvalue weighted by atomic mass is 9.95. The lowest BCUT2D eigenvalue weighted by Crippen LogP contribution is -2.49. The molecule has 4 rings (SSSR count). The van der Waals surface area contributed by atoms with E-state index in [1.54, 1.807) is 0 Å². The number of amides is 2. The van der Waals surface area contributed by atoms with Gasteiger partial charge in [0.2, 0.25) is 5.91 Å². The first-order valence-corrected chi connectivity index (χ1v) is 14.9. The van der Waals surface area contributed by atoms with E-state index < -0.39 is 0 Å². The van der Waals surface area contributed by atoms with Crippen molar-refractivity contribution in [3.05, 3.63) is 82.9 Å². The third-order valence-electron chi connectivity index (χ3n) is 7.92. The van der Waals surface area contributed by atoms with Gasteiger partial charge < -0.3 is 15.5 Å². The standard InChI is InChI=1S/C33H42ClN3O2/c1-3-5-6-10-13-31-33(39)37(23-24(4-2)25-11-8-7-9-12-25)19-18-30(36-31)22-35-32(38)28-15-14-27-21-29(34)17-16-26(27)20-28/h7-9,11-12,14-17,20-21,24,30-31,36H,3-6,10,13,18-19,22-23H2,1-2H3,(H,35,38)/t24?,30-,31-/m0/s1. The number of rotatable bonds is 12. The molecule has 1 heterocycles. The topological polar surface area (TPSA) is 61.4 Å². The van der Waals surface area contributed by atoms with E-state index in [9.17, 15) is 9.59 Å². The second-order valence-electron chi connectivity index (χ2n) is 10.8. The molecule has 1 fully saturated rings. The van der Waals surface area contributed by atoms with Crippen LogP contribution in [-0.4, -0.2) is 48.4 Å². The number of fused-ring (bicyclic) bond motifs is 1. The second-order valence-corrected chi connectivity index (χ2v) is 11.2. The van der Waals surface area contributed by atoms with Crippen LogP contribution in [0.15, 0.2) is 66.7 Å². The van der Waals surface area contributed by atoms with Crippen molar-refractivity contribution in [2.45, 2.75) is 76.8 Å². The summed E-state index contributed by atoms with van der Waals surface area (Å²) in [6, 6.07) is 21.7. The largest absolute Gasteiger partial charge is 0.350 e. The minimum atomic E-state index is -0.218. The quantitative estimate of drug-likeness (QED) is 0.241. The summed E-state index contributed by atoms with van der Waals surface area (Å²) in [6.45, 7) is 6.30. The van der Waals surface area contributed by atoms with Gasteiger partial charge in [0.15, 0.2) is 0 Å². The molecule has 0 bridgehead atoms. The van der Waals surface area contributed by atoms with Crippen LogP contribution in [0.1, 0.15) is 80.6 Å². The monoisotopic (exact) mass is 547 g/mol. The summed E-state index contributed by atoms with van der Waals surface area (Å²) in [7, 11) is 0. The van der Waals surface area contributed by atoms with Gasteiger partial charge in [0.1, 0.15) is 0 Å². The SMILES string of the molecule is CCCCCC[C@@H]1N[C@H](CNC(=O)c2ccc3cc(Cl)ccc3c2)CCN(CC(CC)c2ccccc2)C1=O. The van der Waals surface area contributed by atoms with E-state index in [0.29, 0.717) is 29.6 Å². The van der Waals surface area contributed by atoms with Gasteiger partial charge in [0.25, 0.3) is 5.91 Å². The highest BCUT2D eigenvalue weighted by atomic mass is 35.5. The maximum absolute atomic E-state index is 13.7. The molecular weight excluding hydrogens is 506 g/mol. The van der Waals surface area contributed by atoms with Gasteiger partial charge in [-0.25, -0.2) is 0 Å². The molecule has 3 aromatic rings. The smallest absolute Gasteiger partial charge is 0.251 e. The fourth-order valence-electron chi connectivity index (χ4n) is 5.54. The van der Waals surface area contributed by atoms with Gasteiger partial charge in [-0.15, -0.1) is 0 Å². The molecule has 3 aromatic carbocycles. The molecule has 5 nitrogen and oxygen atoms in total. The van der Waals surface area contributed by atoms with Gasteiger partial charge >= 0.3 is 0 Å². The number of nitrogens with zero attached hydrogens (tertiary/aromatic N) is 1. The number of carbonyl (C=O) groups is 2. The molecule has 1 aliphatic rings. The second kappa shape index (κ2) is 14.5. The van der Waals surface area contributed by atoms with Crippen LogP contribution in [0.5, 0.6) is 0 Å². The van der Waals surface area contributed by atoms with Crippen LogP contribution in [0.25, 0.3) is 10.8 Å². The number of hydrogen-bond donors (Lipinski definition) is 2. The molecule has 3 atom stereocenters. The summed E-state index contributed by atoms with van der Waals surface area (Å²) >= 11 is 6.10. The zero-order chi connectivity index (χ0) is 27.6. The van der Waals surface area contributed by atoms with E-state index >= 15 is 0 Å². The van der Waals surface area contributed by atoms with Crippen LogP contribution in [0, 0.1) is 0 Å². The molecule has 208 valence electrons. The van der Waals surface area contributed by atoms with E-state index in [2.05, 4.69) is 53.6 Å². The summed E-state index contributed by atoms with van der Waals surface area (Å²) in [4.78, 5) is 28.8. The Hall–Kier alpha value is -2.89. The highest BCUT2D eigenvalue weighted by Gasteiger charge is 2.32. The van der Waals surface area contributed by atoms with Gasteiger partial charge in [-0.3, -0.25) is 9.59 Å². The van der Waals surface area contributed by atoms with E-state index in [0.717, 1.165) is 49.4 Å². The number of benzene rings is 3. The van der Waals surface area contributed by atoms with E-state index in [1.807, 2.05) is 42.5 Å². The molecule has 1 unspecified atom stereocenters. The van der Waals surface area contributed by atoms with Crippen molar-refractivity contribution in [3.8, 4) is 0 Å². The number of hydrogen-bond acceptors (Lipinski definition) is 3. The highest BCUT2D eigenvalue weighted by Crippen LogP contribution is 2.24. The summed E-state index contributed by atoms with van der Waals surface area (Å²) in [5, 5.41) is 9.42. The van der Waals surface area contributed by atoms with Crippen molar-refractivity contribution >= 4 is 34.2 Å². The van der Waals surface area contributed by atoms with E-state index in [4.69, 9.17) is 11.6 Å². The molecule has 1 saturated heterocycles. The maximum Gasteiger partial charge on any atom is 0.251 e. The van der Waals surface area contributed by atoms with Crippen molar-refractivity contribution in [2.75, 3.05) is 19.6 Å². The van der Waals surface area contributed by atoms with Crippen molar-refractivity contribution in [3.63, 3.8) is 0 Å². The summed E-state index contributed by atoms with van der Waals surface area (Å²) < 4.78 is 0. The number of unbranched alkanes of at least 4 members (excludes halogenated alkanes) is 3. The molecule has 6 heteroatoms. The molecule has 0 radical (unpaired) electrons. The van der Waals surface area contributed by atoms with Crippen LogP contribution in [0.3, 0.4) is 0 Å². The number of carbonyl (C=O) groups excluding carboxylic acids is 2. The zero-order valence-electron chi connectivity index (χ0n) is 23.3. The predicted octanol–water partition coefficient (Wildman–Crippen LogP) is 6.95. The first-order chi connectivity index (χ1) is 19.0. The third-order valence-corrected chi connectivity index (χ3v) is 8.15. The lowest BCUT2D eigenvalue weighted by molar-refractivity contribution is -0.133. The van der Waals surface area contributed by atoms with Crippen molar-refractivity contribution in [2.24, 2.45) is 0 Å². The van der Waals surface area contributed by atoms with Crippen LogP contribution in [-0.2, 0) is 4.79 Å².